The third kappa shape index (κ3) is 5.10. The lowest BCUT2D eigenvalue weighted by atomic mass is 9.88. The average Bonchev–Trinajstić information content (AvgIpc) is 3.67. The van der Waals surface area contributed by atoms with Crippen molar-refractivity contribution in [2.24, 2.45) is 0 Å². The number of likely N-dealkylation sites (tertiary alicyclic amines) is 1. The van der Waals surface area contributed by atoms with Crippen LogP contribution in [0.5, 0.6) is 0 Å². The van der Waals surface area contributed by atoms with E-state index in [9.17, 15) is 13.9 Å². The molecular formula is C28H29ClF2N6O. The van der Waals surface area contributed by atoms with Crippen molar-refractivity contribution >= 4 is 34.1 Å². The van der Waals surface area contributed by atoms with E-state index < -0.39 is 17.7 Å². The first-order valence-corrected chi connectivity index (χ1v) is 13.4. The highest BCUT2D eigenvalue weighted by atomic mass is 35.5. The Hall–Kier alpha value is -3.14. The minimum absolute atomic E-state index is 0.116. The predicted molar refractivity (Wildman–Crippen MR) is 143 cm³/mol. The van der Waals surface area contributed by atoms with Crippen molar-refractivity contribution in [3.8, 4) is 0 Å². The molecule has 2 aromatic carbocycles. The smallest absolute Gasteiger partial charge is 0.227 e. The van der Waals surface area contributed by atoms with Gasteiger partial charge in [0.1, 0.15) is 11.6 Å². The van der Waals surface area contributed by atoms with E-state index >= 15 is 0 Å². The molecule has 10 heteroatoms. The van der Waals surface area contributed by atoms with Gasteiger partial charge in [0.2, 0.25) is 5.95 Å². The molecule has 0 spiro atoms. The fraction of sp³-hybridized carbons (Fsp3) is 0.393. The van der Waals surface area contributed by atoms with Crippen molar-refractivity contribution in [3.05, 3.63) is 76.2 Å². The first-order valence-electron chi connectivity index (χ1n) is 13.0. The molecule has 2 aromatic heterocycles. The molecule has 1 saturated carbocycles. The van der Waals surface area contributed by atoms with Gasteiger partial charge < -0.3 is 15.3 Å². The van der Waals surface area contributed by atoms with Gasteiger partial charge in [-0.2, -0.15) is 5.10 Å². The molecule has 1 saturated heterocycles. The molecule has 7 nitrogen and oxygen atoms in total. The fourth-order valence-corrected chi connectivity index (χ4v) is 5.66. The number of nitrogens with zero attached hydrogens (tertiary/aromatic N) is 5. The number of aromatic nitrogens is 4. The number of benzene rings is 2. The van der Waals surface area contributed by atoms with E-state index in [1.807, 2.05) is 25.3 Å². The van der Waals surface area contributed by atoms with Gasteiger partial charge in [-0.3, -0.25) is 4.68 Å². The Bertz CT molecular complexity index is 1480. The van der Waals surface area contributed by atoms with Crippen LogP contribution in [0.2, 0.25) is 5.02 Å². The van der Waals surface area contributed by atoms with Crippen LogP contribution in [0, 0.1) is 18.6 Å². The normalized spacial score (nSPS) is 17.7. The first-order chi connectivity index (χ1) is 18.4. The van der Waals surface area contributed by atoms with Crippen molar-refractivity contribution in [2.75, 3.05) is 25.0 Å². The molecule has 0 unspecified atom stereocenters. The van der Waals surface area contributed by atoms with E-state index in [1.165, 1.54) is 25.0 Å². The number of halogens is 3. The van der Waals surface area contributed by atoms with Crippen LogP contribution in [0.15, 0.2) is 42.7 Å². The highest BCUT2D eigenvalue weighted by Gasteiger charge is 2.27. The number of hydrogen-bond acceptors (Lipinski definition) is 6. The van der Waals surface area contributed by atoms with E-state index in [1.54, 1.807) is 6.20 Å². The molecule has 0 bridgehead atoms. The summed E-state index contributed by atoms with van der Waals surface area (Å²) in [4.78, 5) is 11.3. The first kappa shape index (κ1) is 25.2. The van der Waals surface area contributed by atoms with E-state index in [4.69, 9.17) is 16.6 Å². The van der Waals surface area contributed by atoms with Gasteiger partial charge in [0.25, 0.3) is 0 Å². The van der Waals surface area contributed by atoms with Crippen LogP contribution in [-0.4, -0.2) is 49.4 Å². The summed E-state index contributed by atoms with van der Waals surface area (Å²) < 4.78 is 29.3. The lowest BCUT2D eigenvalue weighted by Gasteiger charge is -2.33. The number of hydrogen-bond donors (Lipinski definition) is 2. The molecule has 2 aliphatic rings. The Morgan fingerprint density at radius 2 is 1.89 bits per heavy atom. The second-order valence-corrected chi connectivity index (χ2v) is 10.7. The third-order valence-corrected chi connectivity index (χ3v) is 7.99. The van der Waals surface area contributed by atoms with Gasteiger partial charge in [-0.1, -0.05) is 17.7 Å². The zero-order chi connectivity index (χ0) is 26.4. The second-order valence-electron chi connectivity index (χ2n) is 10.3. The summed E-state index contributed by atoms with van der Waals surface area (Å²) >= 11 is 6.69. The number of nitrogens with one attached hydrogen (secondary N) is 1. The fourth-order valence-electron chi connectivity index (χ4n) is 5.34. The van der Waals surface area contributed by atoms with E-state index in [0.717, 1.165) is 59.8 Å². The van der Waals surface area contributed by atoms with Crippen LogP contribution in [0.3, 0.4) is 0 Å². The standard InChI is InChI=1S/C28H29ClF2N6O/c1-16-26(14-33-37(16)20-3-4-20)35-28-32-13-18-10-23(29)22(12-25(18)34-28)17-6-8-36(9-7-17)15-27(38)21-5-2-19(30)11-24(21)31/h2,5,10-14,17,20,27,38H,3-4,6-9,15H2,1H3,(H,32,34,35)/t27-/m0/s1. The van der Waals surface area contributed by atoms with Gasteiger partial charge in [0.15, 0.2) is 0 Å². The minimum atomic E-state index is -1.01. The van der Waals surface area contributed by atoms with Crippen LogP contribution < -0.4 is 5.32 Å². The lowest BCUT2D eigenvalue weighted by molar-refractivity contribution is 0.0947. The highest BCUT2D eigenvalue weighted by Crippen LogP contribution is 2.38. The van der Waals surface area contributed by atoms with E-state index in [0.29, 0.717) is 23.6 Å². The summed E-state index contributed by atoms with van der Waals surface area (Å²) in [7, 11) is 0. The van der Waals surface area contributed by atoms with Crippen LogP contribution in [0.4, 0.5) is 20.4 Å². The van der Waals surface area contributed by atoms with Crippen molar-refractivity contribution in [1.82, 2.24) is 24.6 Å². The molecule has 198 valence electrons. The molecule has 0 radical (unpaired) electrons. The molecular weight excluding hydrogens is 510 g/mol. The van der Waals surface area contributed by atoms with Crippen molar-refractivity contribution < 1.29 is 13.9 Å². The molecule has 3 heterocycles. The van der Waals surface area contributed by atoms with E-state index in [-0.39, 0.29) is 11.5 Å². The number of rotatable bonds is 7. The average molecular weight is 539 g/mol. The zero-order valence-corrected chi connectivity index (χ0v) is 21.8. The summed E-state index contributed by atoms with van der Waals surface area (Å²) in [6.45, 7) is 3.81. The van der Waals surface area contributed by atoms with Crippen molar-refractivity contribution in [1.29, 1.82) is 0 Å². The summed E-state index contributed by atoms with van der Waals surface area (Å²) in [5, 5.41) is 19.9. The summed E-state index contributed by atoms with van der Waals surface area (Å²) in [5.74, 6) is -0.619. The van der Waals surface area contributed by atoms with E-state index in [2.05, 4.69) is 25.0 Å². The molecule has 0 amide bonds. The molecule has 2 N–H and O–H groups in total. The summed E-state index contributed by atoms with van der Waals surface area (Å²) in [5.41, 5.74) is 3.96. The highest BCUT2D eigenvalue weighted by molar-refractivity contribution is 6.32. The molecule has 4 aromatic rings. The maximum absolute atomic E-state index is 14.1. The Balaban J connectivity index is 1.14. The predicted octanol–water partition coefficient (Wildman–Crippen LogP) is 6.06. The minimum Gasteiger partial charge on any atom is -0.387 e. The molecule has 2 fully saturated rings. The van der Waals surface area contributed by atoms with Crippen LogP contribution in [0.1, 0.15) is 60.6 Å². The van der Waals surface area contributed by atoms with Crippen molar-refractivity contribution in [2.45, 2.75) is 50.7 Å². The lowest BCUT2D eigenvalue weighted by Crippen LogP contribution is -2.36. The molecule has 1 atom stereocenters. The Morgan fingerprint density at radius 1 is 1.11 bits per heavy atom. The Morgan fingerprint density at radius 3 is 2.63 bits per heavy atom. The van der Waals surface area contributed by atoms with Crippen LogP contribution >= 0.6 is 11.6 Å². The van der Waals surface area contributed by atoms with Gasteiger partial charge in [-0.25, -0.2) is 18.7 Å². The number of fused-ring (bicyclic) bond motifs is 1. The topological polar surface area (TPSA) is 79.1 Å². The van der Waals surface area contributed by atoms with Gasteiger partial charge in [-0.05, 0) is 75.4 Å². The number of β-amino-alcohol motifs (C(OH)–C–C–N with tert-alkyl or cyclic N) is 1. The number of anilines is 2. The number of aliphatic hydroxyl groups is 1. The van der Waals surface area contributed by atoms with Crippen LogP contribution in [-0.2, 0) is 0 Å². The molecule has 1 aliphatic heterocycles. The summed E-state index contributed by atoms with van der Waals surface area (Å²) in [6.07, 6.45) is 6.62. The molecule has 6 rings (SSSR count). The van der Waals surface area contributed by atoms with Crippen molar-refractivity contribution in [3.63, 3.8) is 0 Å². The quantitative estimate of drug-likeness (QED) is 0.298. The second kappa shape index (κ2) is 10.2. The Labute approximate surface area is 224 Å². The van der Waals surface area contributed by atoms with Gasteiger partial charge >= 0.3 is 0 Å². The summed E-state index contributed by atoms with van der Waals surface area (Å²) in [6, 6.07) is 7.75. The van der Waals surface area contributed by atoms with Gasteiger partial charge in [0.05, 0.1) is 35.2 Å². The third-order valence-electron chi connectivity index (χ3n) is 7.66. The Kier molecular flexibility index (Phi) is 6.75. The van der Waals surface area contributed by atoms with Crippen LogP contribution in [0.25, 0.3) is 10.9 Å². The molecule has 38 heavy (non-hydrogen) atoms. The number of piperidine rings is 1. The maximum atomic E-state index is 14.1. The largest absolute Gasteiger partial charge is 0.387 e. The maximum Gasteiger partial charge on any atom is 0.227 e. The van der Waals surface area contributed by atoms with Gasteiger partial charge in [-0.15, -0.1) is 0 Å². The molecule has 1 aliphatic carbocycles. The van der Waals surface area contributed by atoms with Gasteiger partial charge in [0, 0.05) is 34.8 Å². The monoisotopic (exact) mass is 538 g/mol. The SMILES string of the molecule is Cc1c(Nc2ncc3cc(Cl)c(C4CCN(C[C@H](O)c5ccc(F)cc5F)CC4)cc3n2)cnn1C1CC1. The number of aliphatic hydroxyl groups excluding tert-OH is 1. The zero-order valence-electron chi connectivity index (χ0n) is 21.0.